The van der Waals surface area contributed by atoms with Gasteiger partial charge in [-0.3, -0.25) is 4.90 Å². The first kappa shape index (κ1) is 12.4. The van der Waals surface area contributed by atoms with E-state index in [2.05, 4.69) is 37.1 Å². The fourth-order valence-electron chi connectivity index (χ4n) is 2.57. The largest absolute Gasteiger partial charge is 0.391 e. The summed E-state index contributed by atoms with van der Waals surface area (Å²) in [7, 11) is 0. The lowest BCUT2D eigenvalue weighted by atomic mass is 10.1. The minimum absolute atomic E-state index is 0.242. The molecule has 0 saturated carbocycles. The van der Waals surface area contributed by atoms with E-state index >= 15 is 0 Å². The van der Waals surface area contributed by atoms with Gasteiger partial charge in [-0.2, -0.15) is 10.1 Å². The van der Waals surface area contributed by atoms with Crippen LogP contribution in [0.5, 0.6) is 0 Å². The summed E-state index contributed by atoms with van der Waals surface area (Å²) in [6.07, 6.45) is 3.78. The Morgan fingerprint density at radius 1 is 1.37 bits per heavy atom. The number of nitrogens with one attached hydrogen (secondary N) is 1. The molecule has 0 aromatic carbocycles. The predicted molar refractivity (Wildman–Crippen MR) is 72.3 cm³/mol. The molecule has 7 nitrogen and oxygen atoms in total. The van der Waals surface area contributed by atoms with Crippen molar-refractivity contribution < 1.29 is 4.84 Å². The van der Waals surface area contributed by atoms with Crippen molar-refractivity contribution in [2.75, 3.05) is 37.6 Å². The molecule has 3 rings (SSSR count). The number of aromatic amines is 1. The molecule has 0 amide bonds. The van der Waals surface area contributed by atoms with Crippen molar-refractivity contribution in [3.8, 4) is 0 Å². The van der Waals surface area contributed by atoms with Gasteiger partial charge in [0.05, 0.1) is 5.71 Å². The molecule has 7 heteroatoms. The smallest absolute Gasteiger partial charge is 0.221 e. The van der Waals surface area contributed by atoms with E-state index < -0.39 is 0 Å². The molecule has 1 unspecified atom stereocenters. The van der Waals surface area contributed by atoms with Crippen LogP contribution in [0.3, 0.4) is 0 Å². The van der Waals surface area contributed by atoms with Crippen molar-refractivity contribution in [3.63, 3.8) is 0 Å². The van der Waals surface area contributed by atoms with Gasteiger partial charge in [-0.05, 0) is 6.42 Å². The highest BCUT2D eigenvalue weighted by Crippen LogP contribution is 2.16. The highest BCUT2D eigenvalue weighted by Gasteiger charge is 2.25. The van der Waals surface area contributed by atoms with Gasteiger partial charge in [0.1, 0.15) is 12.4 Å². The van der Waals surface area contributed by atoms with Gasteiger partial charge in [0.2, 0.25) is 5.95 Å². The van der Waals surface area contributed by atoms with Crippen molar-refractivity contribution in [1.82, 2.24) is 20.1 Å². The van der Waals surface area contributed by atoms with Crippen molar-refractivity contribution in [1.29, 1.82) is 0 Å². The van der Waals surface area contributed by atoms with Crippen molar-refractivity contribution >= 4 is 11.7 Å². The van der Waals surface area contributed by atoms with E-state index in [1.165, 1.54) is 5.71 Å². The number of rotatable bonds is 4. The fraction of sp³-hybridized carbons (Fsp3) is 0.750. The first-order chi connectivity index (χ1) is 9.35. The van der Waals surface area contributed by atoms with Crippen LogP contribution in [0.15, 0.2) is 11.5 Å². The molecule has 1 aromatic heterocycles. The molecule has 2 aliphatic heterocycles. The molecule has 3 heterocycles. The monoisotopic (exact) mass is 264 g/mol. The average Bonchev–Trinajstić information content (AvgIpc) is 3.10. The number of anilines is 1. The summed E-state index contributed by atoms with van der Waals surface area (Å²) in [5.41, 5.74) is 1.19. The minimum Gasteiger partial charge on any atom is -0.391 e. The molecule has 0 bridgehead atoms. The molecule has 2 aliphatic rings. The number of hydrogen-bond donors (Lipinski definition) is 1. The summed E-state index contributed by atoms with van der Waals surface area (Å²) >= 11 is 0. The second kappa shape index (κ2) is 5.56. The van der Waals surface area contributed by atoms with Gasteiger partial charge < -0.3 is 9.74 Å². The Morgan fingerprint density at radius 2 is 2.21 bits per heavy atom. The van der Waals surface area contributed by atoms with Crippen LogP contribution in [0.4, 0.5) is 5.95 Å². The zero-order valence-electron chi connectivity index (χ0n) is 11.2. The Kier molecular flexibility index (Phi) is 3.63. The van der Waals surface area contributed by atoms with Crippen molar-refractivity contribution in [3.05, 3.63) is 6.33 Å². The van der Waals surface area contributed by atoms with Crippen LogP contribution in [0.2, 0.25) is 0 Å². The van der Waals surface area contributed by atoms with Gasteiger partial charge in [0, 0.05) is 39.1 Å². The summed E-state index contributed by atoms with van der Waals surface area (Å²) in [5.74, 6) is 0.869. The number of oxime groups is 1. The zero-order valence-corrected chi connectivity index (χ0v) is 11.2. The number of nitrogens with zero attached hydrogens (tertiary/aromatic N) is 5. The molecule has 19 heavy (non-hydrogen) atoms. The van der Waals surface area contributed by atoms with E-state index in [9.17, 15) is 0 Å². The second-order valence-corrected chi connectivity index (χ2v) is 5.04. The number of aromatic nitrogens is 3. The van der Waals surface area contributed by atoms with Gasteiger partial charge in [0.25, 0.3) is 0 Å². The van der Waals surface area contributed by atoms with E-state index in [-0.39, 0.29) is 6.10 Å². The molecule has 104 valence electrons. The highest BCUT2D eigenvalue weighted by atomic mass is 16.6. The molecular weight excluding hydrogens is 244 g/mol. The van der Waals surface area contributed by atoms with E-state index in [0.29, 0.717) is 0 Å². The number of H-pyrrole nitrogens is 1. The Labute approximate surface area is 112 Å². The molecule has 1 saturated heterocycles. The SMILES string of the molecule is CCC1=NOC(CN2CCN(c3ncn[nH]3)CC2)C1. The summed E-state index contributed by atoms with van der Waals surface area (Å²) < 4.78 is 0. The second-order valence-electron chi connectivity index (χ2n) is 5.04. The Balaban J connectivity index is 1.44. The van der Waals surface area contributed by atoms with Gasteiger partial charge >= 0.3 is 0 Å². The third kappa shape index (κ3) is 2.86. The van der Waals surface area contributed by atoms with E-state index in [4.69, 9.17) is 4.84 Å². The summed E-state index contributed by atoms with van der Waals surface area (Å²) in [6, 6.07) is 0. The van der Waals surface area contributed by atoms with Gasteiger partial charge in [-0.25, -0.2) is 5.10 Å². The first-order valence-electron chi connectivity index (χ1n) is 6.89. The van der Waals surface area contributed by atoms with Gasteiger partial charge in [-0.1, -0.05) is 12.1 Å². The lowest BCUT2D eigenvalue weighted by Gasteiger charge is -2.34. The van der Waals surface area contributed by atoms with Crippen LogP contribution in [0.1, 0.15) is 19.8 Å². The van der Waals surface area contributed by atoms with Crippen LogP contribution in [-0.4, -0.2) is 64.6 Å². The third-order valence-corrected chi connectivity index (χ3v) is 3.74. The molecule has 1 N–H and O–H groups in total. The lowest BCUT2D eigenvalue weighted by Crippen LogP contribution is -2.49. The Hall–Kier alpha value is -1.63. The van der Waals surface area contributed by atoms with Crippen LogP contribution in [-0.2, 0) is 4.84 Å². The van der Waals surface area contributed by atoms with Crippen LogP contribution >= 0.6 is 0 Å². The van der Waals surface area contributed by atoms with Crippen LogP contribution < -0.4 is 4.90 Å². The highest BCUT2D eigenvalue weighted by molar-refractivity contribution is 5.85. The Bertz CT molecular complexity index is 423. The first-order valence-corrected chi connectivity index (χ1v) is 6.89. The lowest BCUT2D eigenvalue weighted by molar-refractivity contribution is 0.0509. The van der Waals surface area contributed by atoms with Gasteiger partial charge in [-0.15, -0.1) is 0 Å². The van der Waals surface area contributed by atoms with Crippen molar-refractivity contribution in [2.24, 2.45) is 5.16 Å². The van der Waals surface area contributed by atoms with E-state index in [0.717, 1.165) is 51.5 Å². The maximum absolute atomic E-state index is 5.46. The van der Waals surface area contributed by atoms with E-state index in [1.54, 1.807) is 6.33 Å². The normalized spacial score (nSPS) is 24.4. The Morgan fingerprint density at radius 3 is 2.84 bits per heavy atom. The molecule has 1 fully saturated rings. The van der Waals surface area contributed by atoms with E-state index in [1.807, 2.05) is 0 Å². The maximum Gasteiger partial charge on any atom is 0.221 e. The standard InChI is InChI=1S/C12H20N6O/c1-2-10-7-11(19-16-10)8-17-3-5-18(6-4-17)12-13-9-14-15-12/h9,11H,2-8H2,1H3,(H,13,14,15). The third-order valence-electron chi connectivity index (χ3n) is 3.74. The topological polar surface area (TPSA) is 69.6 Å². The summed E-state index contributed by atoms with van der Waals surface area (Å²) in [6.45, 7) is 7.11. The summed E-state index contributed by atoms with van der Waals surface area (Å²) in [5, 5.41) is 10.9. The summed E-state index contributed by atoms with van der Waals surface area (Å²) in [4.78, 5) is 14.3. The van der Waals surface area contributed by atoms with Crippen molar-refractivity contribution in [2.45, 2.75) is 25.9 Å². The molecular formula is C12H20N6O. The number of piperazine rings is 1. The van der Waals surface area contributed by atoms with Crippen LogP contribution in [0, 0.1) is 0 Å². The molecule has 1 aromatic rings. The maximum atomic E-state index is 5.46. The van der Waals surface area contributed by atoms with Gasteiger partial charge in [0.15, 0.2) is 0 Å². The molecule has 0 aliphatic carbocycles. The minimum atomic E-state index is 0.242. The predicted octanol–water partition coefficient (Wildman–Crippen LogP) is 0.482. The van der Waals surface area contributed by atoms with Crippen LogP contribution in [0.25, 0.3) is 0 Å². The fourth-order valence-corrected chi connectivity index (χ4v) is 2.57. The average molecular weight is 264 g/mol. The number of hydrogen-bond acceptors (Lipinski definition) is 6. The molecule has 0 spiro atoms. The molecule has 0 radical (unpaired) electrons. The quantitative estimate of drug-likeness (QED) is 0.856. The molecule has 1 atom stereocenters. The zero-order chi connectivity index (χ0) is 13.1.